The quantitative estimate of drug-likeness (QED) is 0.818. The van der Waals surface area contributed by atoms with Crippen molar-refractivity contribution >= 4 is 11.8 Å². The van der Waals surface area contributed by atoms with Crippen LogP contribution in [-0.2, 0) is 12.3 Å². The molecule has 7 heteroatoms. The van der Waals surface area contributed by atoms with Crippen LogP contribution in [0.3, 0.4) is 0 Å². The van der Waals surface area contributed by atoms with Crippen molar-refractivity contribution in [3.8, 4) is 0 Å². The van der Waals surface area contributed by atoms with Crippen LogP contribution in [0.5, 0.6) is 0 Å². The molecule has 3 rings (SSSR count). The lowest BCUT2D eigenvalue weighted by molar-refractivity contribution is -0.0921. The number of hydrogen-bond donors (Lipinski definition) is 2. The van der Waals surface area contributed by atoms with E-state index >= 15 is 0 Å². The standard InChI is InChI=1S/C15H26N4O2S/c1-22-10-13-17-14(21-18-13)9-16-11-15(20)6-4-8-19-7-3-2-5-12(15)19/h12,16,20H,2-11H2,1H3/t12-,15-/m1/s1. The third-order valence-electron chi connectivity index (χ3n) is 4.78. The van der Waals surface area contributed by atoms with Crippen molar-refractivity contribution in [2.24, 2.45) is 0 Å². The molecule has 6 nitrogen and oxygen atoms in total. The summed E-state index contributed by atoms with van der Waals surface area (Å²) >= 11 is 1.68. The second-order valence-corrected chi connectivity index (χ2v) is 7.26. The van der Waals surface area contributed by atoms with Crippen LogP contribution in [-0.4, -0.2) is 57.7 Å². The van der Waals surface area contributed by atoms with Crippen LogP contribution in [0.15, 0.2) is 4.52 Å². The van der Waals surface area contributed by atoms with Crippen LogP contribution in [0.1, 0.15) is 43.8 Å². The highest BCUT2D eigenvalue weighted by molar-refractivity contribution is 7.97. The number of nitrogens with one attached hydrogen (secondary N) is 1. The Balaban J connectivity index is 1.52. The minimum Gasteiger partial charge on any atom is -0.387 e. The molecule has 0 saturated carbocycles. The molecule has 2 fully saturated rings. The molecule has 3 heterocycles. The Morgan fingerprint density at radius 1 is 1.41 bits per heavy atom. The number of piperidine rings is 2. The molecule has 2 saturated heterocycles. The Morgan fingerprint density at radius 3 is 3.14 bits per heavy atom. The Kier molecular flexibility index (Phi) is 5.38. The van der Waals surface area contributed by atoms with E-state index in [1.54, 1.807) is 11.8 Å². The molecule has 0 bridgehead atoms. The van der Waals surface area contributed by atoms with Crippen molar-refractivity contribution in [2.75, 3.05) is 25.9 Å². The van der Waals surface area contributed by atoms with Crippen LogP contribution in [0.4, 0.5) is 0 Å². The Hall–Kier alpha value is -0.630. The van der Waals surface area contributed by atoms with E-state index in [9.17, 15) is 5.11 Å². The lowest BCUT2D eigenvalue weighted by atomic mass is 9.79. The van der Waals surface area contributed by atoms with Gasteiger partial charge in [0.1, 0.15) is 0 Å². The van der Waals surface area contributed by atoms with E-state index in [1.807, 2.05) is 6.26 Å². The van der Waals surface area contributed by atoms with Crippen LogP contribution >= 0.6 is 11.8 Å². The molecule has 1 aromatic heterocycles. The smallest absolute Gasteiger partial charge is 0.240 e. The van der Waals surface area contributed by atoms with Gasteiger partial charge >= 0.3 is 0 Å². The predicted molar refractivity (Wildman–Crippen MR) is 86.6 cm³/mol. The second kappa shape index (κ2) is 7.29. The van der Waals surface area contributed by atoms with E-state index in [0.29, 0.717) is 25.0 Å². The van der Waals surface area contributed by atoms with Crippen molar-refractivity contribution in [1.29, 1.82) is 0 Å². The van der Waals surface area contributed by atoms with Gasteiger partial charge in [-0.25, -0.2) is 0 Å². The van der Waals surface area contributed by atoms with Crippen molar-refractivity contribution < 1.29 is 9.63 Å². The highest BCUT2D eigenvalue weighted by atomic mass is 32.2. The number of fused-ring (bicyclic) bond motifs is 1. The minimum absolute atomic E-state index is 0.303. The molecule has 22 heavy (non-hydrogen) atoms. The van der Waals surface area contributed by atoms with Crippen LogP contribution < -0.4 is 5.32 Å². The summed E-state index contributed by atoms with van der Waals surface area (Å²) in [5, 5.41) is 18.3. The number of aliphatic hydroxyl groups is 1. The summed E-state index contributed by atoms with van der Waals surface area (Å²) < 4.78 is 5.22. The van der Waals surface area contributed by atoms with Gasteiger partial charge in [0.2, 0.25) is 5.89 Å². The van der Waals surface area contributed by atoms with E-state index in [1.165, 1.54) is 12.8 Å². The molecule has 2 atom stereocenters. The van der Waals surface area contributed by atoms with Crippen LogP contribution in [0.25, 0.3) is 0 Å². The summed E-state index contributed by atoms with van der Waals surface area (Å²) in [6.45, 7) is 3.38. The molecule has 0 amide bonds. The summed E-state index contributed by atoms with van der Waals surface area (Å²) in [7, 11) is 0. The average Bonchev–Trinajstić information content (AvgIpc) is 2.96. The Labute approximate surface area is 136 Å². The van der Waals surface area contributed by atoms with E-state index in [0.717, 1.165) is 43.9 Å². The topological polar surface area (TPSA) is 74.4 Å². The maximum atomic E-state index is 11.1. The van der Waals surface area contributed by atoms with Crippen LogP contribution in [0, 0.1) is 0 Å². The van der Waals surface area contributed by atoms with Crippen molar-refractivity contribution in [3.05, 3.63) is 11.7 Å². The monoisotopic (exact) mass is 326 g/mol. The van der Waals surface area contributed by atoms with Gasteiger partial charge in [-0.3, -0.25) is 4.90 Å². The molecule has 0 aliphatic carbocycles. The van der Waals surface area contributed by atoms with Gasteiger partial charge in [0.25, 0.3) is 0 Å². The molecule has 2 aliphatic rings. The van der Waals surface area contributed by atoms with Gasteiger partial charge in [-0.1, -0.05) is 11.6 Å². The summed E-state index contributed by atoms with van der Waals surface area (Å²) in [6.07, 6.45) is 7.57. The van der Waals surface area contributed by atoms with Crippen LogP contribution in [0.2, 0.25) is 0 Å². The zero-order chi connectivity index (χ0) is 15.4. The molecule has 0 unspecified atom stereocenters. The lowest BCUT2D eigenvalue weighted by Gasteiger charge is -2.49. The largest absolute Gasteiger partial charge is 0.387 e. The third kappa shape index (κ3) is 3.64. The van der Waals surface area contributed by atoms with E-state index < -0.39 is 5.60 Å². The lowest BCUT2D eigenvalue weighted by Crippen LogP contribution is -2.62. The second-order valence-electron chi connectivity index (χ2n) is 6.40. The first-order valence-corrected chi connectivity index (χ1v) is 9.58. The Morgan fingerprint density at radius 2 is 2.27 bits per heavy atom. The van der Waals surface area contributed by atoms with Gasteiger partial charge < -0.3 is 14.9 Å². The number of nitrogens with zero attached hydrogens (tertiary/aromatic N) is 3. The molecule has 0 spiro atoms. The number of hydrogen-bond acceptors (Lipinski definition) is 7. The fraction of sp³-hybridized carbons (Fsp3) is 0.867. The third-order valence-corrected chi connectivity index (χ3v) is 5.33. The highest BCUT2D eigenvalue weighted by Crippen LogP contribution is 2.33. The zero-order valence-electron chi connectivity index (χ0n) is 13.3. The first-order valence-electron chi connectivity index (χ1n) is 8.19. The fourth-order valence-electron chi connectivity index (χ4n) is 3.76. The van der Waals surface area contributed by atoms with E-state index in [4.69, 9.17) is 4.52 Å². The maximum Gasteiger partial charge on any atom is 0.240 e. The number of aromatic nitrogens is 2. The van der Waals surface area contributed by atoms with E-state index in [2.05, 4.69) is 20.4 Å². The molecule has 0 aromatic carbocycles. The first kappa shape index (κ1) is 16.2. The summed E-state index contributed by atoms with van der Waals surface area (Å²) in [6, 6.07) is 0.303. The maximum absolute atomic E-state index is 11.1. The van der Waals surface area contributed by atoms with Gasteiger partial charge in [-0.2, -0.15) is 16.7 Å². The van der Waals surface area contributed by atoms with Gasteiger partial charge in [0, 0.05) is 12.6 Å². The SMILES string of the molecule is CSCc1noc(CNC[C@]2(O)CCCN3CCCC[C@@H]32)n1. The van der Waals surface area contributed by atoms with Crippen molar-refractivity contribution in [3.63, 3.8) is 0 Å². The molecule has 0 radical (unpaired) electrons. The minimum atomic E-state index is -0.624. The Bertz CT molecular complexity index is 482. The number of rotatable bonds is 6. The van der Waals surface area contributed by atoms with Crippen molar-refractivity contribution in [2.45, 2.75) is 56.0 Å². The number of thioether (sulfide) groups is 1. The predicted octanol–water partition coefficient (Wildman–Crippen LogP) is 1.40. The molecular formula is C15H26N4O2S. The molecule has 2 N–H and O–H groups in total. The molecule has 124 valence electrons. The van der Waals surface area contributed by atoms with Gasteiger partial charge in [-0.15, -0.1) is 0 Å². The molecule has 1 aromatic rings. The first-order chi connectivity index (χ1) is 10.7. The molecular weight excluding hydrogens is 300 g/mol. The van der Waals surface area contributed by atoms with E-state index in [-0.39, 0.29) is 0 Å². The highest BCUT2D eigenvalue weighted by Gasteiger charge is 2.43. The summed E-state index contributed by atoms with van der Waals surface area (Å²) in [5.41, 5.74) is -0.624. The van der Waals surface area contributed by atoms with Crippen molar-refractivity contribution in [1.82, 2.24) is 20.4 Å². The summed E-state index contributed by atoms with van der Waals surface area (Å²) in [5.74, 6) is 2.10. The average molecular weight is 326 g/mol. The summed E-state index contributed by atoms with van der Waals surface area (Å²) in [4.78, 5) is 6.80. The molecule has 2 aliphatic heterocycles. The van der Waals surface area contributed by atoms with Gasteiger partial charge in [0.15, 0.2) is 5.82 Å². The fourth-order valence-corrected chi connectivity index (χ4v) is 4.14. The van der Waals surface area contributed by atoms with Gasteiger partial charge in [0.05, 0.1) is 17.9 Å². The zero-order valence-corrected chi connectivity index (χ0v) is 14.1. The normalized spacial score (nSPS) is 29.5. The van der Waals surface area contributed by atoms with Gasteiger partial charge in [-0.05, 0) is 45.0 Å².